The lowest BCUT2D eigenvalue weighted by Crippen LogP contribution is -2.47. The third-order valence-corrected chi connectivity index (χ3v) is 6.47. The van der Waals surface area contributed by atoms with Gasteiger partial charge in [0.25, 0.3) is 0 Å². The maximum absolute atomic E-state index is 12.7. The quantitative estimate of drug-likeness (QED) is 0.891. The molecule has 1 atom stereocenters. The number of nitrogens with one attached hydrogen (secondary N) is 1. The van der Waals surface area contributed by atoms with Gasteiger partial charge in [-0.15, -0.1) is 0 Å². The van der Waals surface area contributed by atoms with Crippen molar-refractivity contribution in [3.8, 4) is 0 Å². The van der Waals surface area contributed by atoms with Crippen molar-refractivity contribution in [3.05, 3.63) is 35.7 Å². The zero-order valence-electron chi connectivity index (χ0n) is 16.1. The average Bonchev–Trinajstić information content (AvgIpc) is 3.59. The van der Waals surface area contributed by atoms with Gasteiger partial charge in [-0.25, -0.2) is 9.97 Å². The Morgan fingerprint density at radius 3 is 2.61 bits per heavy atom. The number of rotatable bonds is 3. The van der Waals surface area contributed by atoms with Crippen LogP contribution in [0.25, 0.3) is 11.0 Å². The molecule has 2 amide bonds. The number of piperidine rings is 2. The smallest absolute Gasteiger partial charge is 0.227 e. The summed E-state index contributed by atoms with van der Waals surface area (Å²) in [5.74, 6) is 1.28. The zero-order chi connectivity index (χ0) is 19.1. The monoisotopic (exact) mass is 378 g/mol. The van der Waals surface area contributed by atoms with Crippen LogP contribution in [0.2, 0.25) is 0 Å². The maximum Gasteiger partial charge on any atom is 0.227 e. The van der Waals surface area contributed by atoms with E-state index in [0.29, 0.717) is 31.2 Å². The number of carbonyl (C=O) groups is 2. The molecule has 0 radical (unpaired) electrons. The molecule has 1 saturated carbocycles. The van der Waals surface area contributed by atoms with Crippen molar-refractivity contribution in [2.75, 3.05) is 19.6 Å². The molecule has 2 aliphatic heterocycles. The highest BCUT2D eigenvalue weighted by molar-refractivity contribution is 5.83. The molecule has 5 rings (SSSR count). The lowest BCUT2D eigenvalue weighted by molar-refractivity contribution is -0.138. The van der Waals surface area contributed by atoms with Gasteiger partial charge in [0.2, 0.25) is 11.8 Å². The number of amides is 2. The van der Waals surface area contributed by atoms with E-state index in [9.17, 15) is 9.59 Å². The molecule has 1 N–H and O–H groups in total. The Balaban J connectivity index is 1.23. The molecule has 3 fully saturated rings. The summed E-state index contributed by atoms with van der Waals surface area (Å²) in [5, 5.41) is 3.94. The van der Waals surface area contributed by atoms with Gasteiger partial charge >= 0.3 is 0 Å². The number of hydrogen-bond donors (Lipinski definition) is 1. The van der Waals surface area contributed by atoms with E-state index in [1.165, 1.54) is 18.4 Å². The third-order valence-electron chi connectivity index (χ3n) is 6.47. The van der Waals surface area contributed by atoms with Crippen LogP contribution in [0, 0.1) is 5.92 Å². The van der Waals surface area contributed by atoms with Crippen LogP contribution in [-0.2, 0) is 9.59 Å². The fourth-order valence-electron chi connectivity index (χ4n) is 4.51. The minimum atomic E-state index is -0.0575. The van der Waals surface area contributed by atoms with Gasteiger partial charge in [0.05, 0.1) is 5.92 Å². The minimum Gasteiger partial charge on any atom is -0.355 e. The van der Waals surface area contributed by atoms with Crippen molar-refractivity contribution >= 4 is 22.8 Å². The van der Waals surface area contributed by atoms with Crippen LogP contribution in [0.1, 0.15) is 61.6 Å². The summed E-state index contributed by atoms with van der Waals surface area (Å²) in [6, 6.07) is 6.53. The Bertz CT molecular complexity index is 906. The van der Waals surface area contributed by atoms with E-state index < -0.39 is 0 Å². The van der Waals surface area contributed by atoms with Crippen molar-refractivity contribution < 1.29 is 9.59 Å². The molecule has 0 aromatic carbocycles. The summed E-state index contributed by atoms with van der Waals surface area (Å²) in [6.07, 6.45) is 7.55. The molecule has 0 spiro atoms. The highest BCUT2D eigenvalue weighted by Crippen LogP contribution is 2.40. The predicted octanol–water partition coefficient (Wildman–Crippen LogP) is 2.74. The van der Waals surface area contributed by atoms with Crippen molar-refractivity contribution in [1.82, 2.24) is 20.2 Å². The molecule has 1 aliphatic carbocycles. The van der Waals surface area contributed by atoms with E-state index in [2.05, 4.69) is 28.5 Å². The highest BCUT2D eigenvalue weighted by Gasteiger charge is 2.31. The number of carbonyl (C=O) groups excluding carboxylic acids is 2. The Morgan fingerprint density at radius 2 is 1.89 bits per heavy atom. The van der Waals surface area contributed by atoms with E-state index in [1.54, 1.807) is 0 Å². The minimum absolute atomic E-state index is 0.0575. The van der Waals surface area contributed by atoms with Crippen LogP contribution < -0.4 is 5.32 Å². The Hall–Kier alpha value is -2.50. The fourth-order valence-corrected chi connectivity index (χ4v) is 4.51. The zero-order valence-corrected chi connectivity index (χ0v) is 16.1. The number of pyridine rings is 2. The van der Waals surface area contributed by atoms with Gasteiger partial charge < -0.3 is 10.2 Å². The third kappa shape index (κ3) is 3.48. The standard InChI is InChI=1S/C22H26N4O2/c27-20-6-4-17(12-23-20)22(28)26-9-7-15(8-10-26)19-5-3-16-11-18(14-1-2-14)13-24-21(16)25-19/h3,5,11,13-15,17H,1-2,4,6-10,12H2,(H,23,27). The van der Waals surface area contributed by atoms with E-state index in [-0.39, 0.29) is 17.7 Å². The second-order valence-electron chi connectivity index (χ2n) is 8.46. The van der Waals surface area contributed by atoms with Crippen molar-refractivity contribution in [1.29, 1.82) is 0 Å². The lowest BCUT2D eigenvalue weighted by atomic mass is 9.91. The molecular formula is C22H26N4O2. The molecule has 1 unspecified atom stereocenters. The van der Waals surface area contributed by atoms with Gasteiger partial charge in [0.15, 0.2) is 5.65 Å². The Kier molecular flexibility index (Phi) is 4.49. The summed E-state index contributed by atoms with van der Waals surface area (Å²) >= 11 is 0. The number of nitrogens with zero attached hydrogens (tertiary/aromatic N) is 3. The molecule has 2 aromatic rings. The normalized spacial score (nSPS) is 23.6. The fraction of sp³-hybridized carbons (Fsp3) is 0.545. The first-order valence-corrected chi connectivity index (χ1v) is 10.5. The van der Waals surface area contributed by atoms with Crippen LogP contribution in [0.15, 0.2) is 24.4 Å². The second-order valence-corrected chi connectivity index (χ2v) is 8.46. The highest BCUT2D eigenvalue weighted by atomic mass is 16.2. The number of aromatic nitrogens is 2. The SMILES string of the molecule is O=C1CCC(C(=O)N2CCC(c3ccc4cc(C5CC5)cnc4n3)CC2)CN1. The summed E-state index contributed by atoms with van der Waals surface area (Å²) in [5.41, 5.74) is 3.27. The molecule has 3 aliphatic rings. The molecule has 0 bridgehead atoms. The lowest BCUT2D eigenvalue weighted by Gasteiger charge is -2.35. The van der Waals surface area contributed by atoms with Crippen LogP contribution in [0.4, 0.5) is 0 Å². The average molecular weight is 378 g/mol. The van der Waals surface area contributed by atoms with E-state index >= 15 is 0 Å². The van der Waals surface area contributed by atoms with Crippen LogP contribution >= 0.6 is 0 Å². The van der Waals surface area contributed by atoms with Gasteiger partial charge in [-0.1, -0.05) is 0 Å². The molecular weight excluding hydrogens is 352 g/mol. The summed E-state index contributed by atoms with van der Waals surface area (Å²) < 4.78 is 0. The van der Waals surface area contributed by atoms with Gasteiger partial charge in [-0.05, 0) is 61.8 Å². The van der Waals surface area contributed by atoms with E-state index in [1.807, 2.05) is 11.1 Å². The maximum atomic E-state index is 12.7. The number of fused-ring (bicyclic) bond motifs is 1. The van der Waals surface area contributed by atoms with Gasteiger partial charge in [-0.3, -0.25) is 9.59 Å². The summed E-state index contributed by atoms with van der Waals surface area (Å²) in [6.45, 7) is 2.02. The van der Waals surface area contributed by atoms with Crippen molar-refractivity contribution in [2.24, 2.45) is 5.92 Å². The van der Waals surface area contributed by atoms with Crippen LogP contribution in [0.5, 0.6) is 0 Å². The first kappa shape index (κ1) is 17.6. The molecule has 6 nitrogen and oxygen atoms in total. The first-order valence-electron chi connectivity index (χ1n) is 10.5. The van der Waals surface area contributed by atoms with E-state index in [4.69, 9.17) is 4.98 Å². The summed E-state index contributed by atoms with van der Waals surface area (Å²) in [7, 11) is 0. The predicted molar refractivity (Wildman–Crippen MR) is 106 cm³/mol. The van der Waals surface area contributed by atoms with Crippen LogP contribution in [0.3, 0.4) is 0 Å². The summed E-state index contributed by atoms with van der Waals surface area (Å²) in [4.78, 5) is 35.4. The first-order chi connectivity index (χ1) is 13.7. The number of likely N-dealkylation sites (tertiary alicyclic amines) is 1. The molecule has 2 saturated heterocycles. The van der Waals surface area contributed by atoms with E-state index in [0.717, 1.165) is 42.7 Å². The molecule has 2 aromatic heterocycles. The number of hydrogen-bond acceptors (Lipinski definition) is 4. The van der Waals surface area contributed by atoms with Crippen LogP contribution in [-0.4, -0.2) is 46.3 Å². The molecule has 4 heterocycles. The van der Waals surface area contributed by atoms with Gasteiger partial charge in [0, 0.05) is 49.2 Å². The van der Waals surface area contributed by atoms with Gasteiger partial charge in [0.1, 0.15) is 0 Å². The Labute approximate surface area is 164 Å². The second kappa shape index (κ2) is 7.15. The van der Waals surface area contributed by atoms with Gasteiger partial charge in [-0.2, -0.15) is 0 Å². The van der Waals surface area contributed by atoms with Crippen molar-refractivity contribution in [3.63, 3.8) is 0 Å². The molecule has 6 heteroatoms. The molecule has 28 heavy (non-hydrogen) atoms. The molecule has 146 valence electrons. The topological polar surface area (TPSA) is 75.2 Å². The van der Waals surface area contributed by atoms with Crippen molar-refractivity contribution in [2.45, 2.75) is 50.4 Å². The largest absolute Gasteiger partial charge is 0.355 e. The Morgan fingerprint density at radius 1 is 1.07 bits per heavy atom.